The maximum Gasteiger partial charge on any atom is 0.227 e. The fourth-order valence-corrected chi connectivity index (χ4v) is 1.19. The van der Waals surface area contributed by atoms with E-state index in [9.17, 15) is 4.79 Å². The van der Waals surface area contributed by atoms with E-state index in [4.69, 9.17) is 10.00 Å². The van der Waals surface area contributed by atoms with E-state index in [0.29, 0.717) is 17.0 Å². The Morgan fingerprint density at radius 1 is 1.50 bits per heavy atom. The molecular weight excluding hydrogens is 204 g/mol. The van der Waals surface area contributed by atoms with Gasteiger partial charge in [0.25, 0.3) is 0 Å². The number of nitriles is 1. The molecule has 0 bridgehead atoms. The third-order valence-electron chi connectivity index (χ3n) is 2.14. The van der Waals surface area contributed by atoms with Gasteiger partial charge in [0.2, 0.25) is 5.91 Å². The molecule has 1 aromatic carbocycles. The van der Waals surface area contributed by atoms with Crippen LogP contribution < -0.4 is 10.1 Å². The summed E-state index contributed by atoms with van der Waals surface area (Å²) in [5.41, 5.74) is 0.833. The molecule has 4 heteroatoms. The zero-order valence-corrected chi connectivity index (χ0v) is 9.57. The van der Waals surface area contributed by atoms with Crippen molar-refractivity contribution in [3.8, 4) is 11.8 Å². The van der Waals surface area contributed by atoms with E-state index in [1.807, 2.05) is 6.07 Å². The minimum absolute atomic E-state index is 0.138. The smallest absolute Gasteiger partial charge is 0.227 e. The molecular formula is C12H14N2O2. The van der Waals surface area contributed by atoms with Crippen molar-refractivity contribution in [2.75, 3.05) is 12.4 Å². The molecule has 0 aromatic heterocycles. The van der Waals surface area contributed by atoms with Gasteiger partial charge in [-0.15, -0.1) is 0 Å². The number of nitrogens with one attached hydrogen (secondary N) is 1. The maximum atomic E-state index is 11.6. The molecule has 16 heavy (non-hydrogen) atoms. The number of hydrogen-bond donors (Lipinski definition) is 1. The Bertz CT molecular complexity index is 433. The molecule has 1 N–H and O–H groups in total. The lowest BCUT2D eigenvalue weighted by atomic mass is 10.1. The van der Waals surface area contributed by atoms with Crippen LogP contribution >= 0.6 is 0 Å². The molecule has 1 amide bonds. The third-order valence-corrected chi connectivity index (χ3v) is 2.14. The highest BCUT2D eigenvalue weighted by molar-refractivity contribution is 5.95. The molecule has 0 saturated carbocycles. The van der Waals surface area contributed by atoms with E-state index in [1.165, 1.54) is 7.11 Å². The summed E-state index contributed by atoms with van der Waals surface area (Å²) < 4.78 is 5.10. The molecule has 0 aliphatic rings. The van der Waals surface area contributed by atoms with E-state index >= 15 is 0 Å². The minimum Gasteiger partial charge on any atom is -0.495 e. The summed E-state index contributed by atoms with van der Waals surface area (Å²) >= 11 is 0. The van der Waals surface area contributed by atoms with Crippen molar-refractivity contribution in [1.82, 2.24) is 0 Å². The lowest BCUT2D eigenvalue weighted by Crippen LogP contribution is -2.19. The molecule has 1 aromatic rings. The highest BCUT2D eigenvalue weighted by Crippen LogP contribution is 2.28. The Kier molecular flexibility index (Phi) is 3.90. The maximum absolute atomic E-state index is 11.6. The summed E-state index contributed by atoms with van der Waals surface area (Å²) in [5, 5.41) is 11.6. The zero-order chi connectivity index (χ0) is 12.1. The first-order valence-electron chi connectivity index (χ1n) is 4.98. The normalized spacial score (nSPS) is 9.69. The van der Waals surface area contributed by atoms with Crippen LogP contribution in [-0.4, -0.2) is 13.0 Å². The molecule has 0 radical (unpaired) electrons. The van der Waals surface area contributed by atoms with Gasteiger partial charge >= 0.3 is 0 Å². The molecule has 0 spiro atoms. The highest BCUT2D eigenvalue weighted by atomic mass is 16.5. The van der Waals surface area contributed by atoms with Crippen LogP contribution in [0.5, 0.6) is 5.75 Å². The average Bonchev–Trinajstić information content (AvgIpc) is 2.29. The SMILES string of the molecule is COc1cccc(C#N)c1NC(=O)C(C)C. The number of para-hydroxylation sites is 1. The average molecular weight is 218 g/mol. The number of hydrogen-bond acceptors (Lipinski definition) is 3. The fraction of sp³-hybridized carbons (Fsp3) is 0.333. The second-order valence-corrected chi connectivity index (χ2v) is 3.64. The van der Waals surface area contributed by atoms with Gasteiger partial charge in [0.1, 0.15) is 17.5 Å². The number of benzene rings is 1. The van der Waals surface area contributed by atoms with Crippen LogP contribution in [0.4, 0.5) is 5.69 Å². The Morgan fingerprint density at radius 2 is 2.19 bits per heavy atom. The predicted octanol–water partition coefficient (Wildman–Crippen LogP) is 2.16. The predicted molar refractivity (Wildman–Crippen MR) is 61.2 cm³/mol. The van der Waals surface area contributed by atoms with E-state index in [2.05, 4.69) is 5.32 Å². The first kappa shape index (κ1) is 12.1. The summed E-state index contributed by atoms with van der Waals surface area (Å²) in [6, 6.07) is 7.07. The summed E-state index contributed by atoms with van der Waals surface area (Å²) in [4.78, 5) is 11.6. The summed E-state index contributed by atoms with van der Waals surface area (Å²) in [7, 11) is 1.50. The molecule has 0 aliphatic carbocycles. The number of nitrogens with zero attached hydrogens (tertiary/aromatic N) is 1. The van der Waals surface area contributed by atoms with Crippen molar-refractivity contribution in [2.45, 2.75) is 13.8 Å². The standard InChI is InChI=1S/C12H14N2O2/c1-8(2)12(15)14-11-9(7-13)5-4-6-10(11)16-3/h4-6,8H,1-3H3,(H,14,15). The number of amides is 1. The number of ether oxygens (including phenoxy) is 1. The first-order chi connectivity index (χ1) is 7.60. The largest absolute Gasteiger partial charge is 0.495 e. The van der Waals surface area contributed by atoms with Crippen molar-refractivity contribution in [3.63, 3.8) is 0 Å². The molecule has 1 rings (SSSR count). The summed E-state index contributed by atoms with van der Waals surface area (Å²) in [5.74, 6) is 0.213. The van der Waals surface area contributed by atoms with Crippen molar-refractivity contribution in [2.24, 2.45) is 5.92 Å². The lowest BCUT2D eigenvalue weighted by molar-refractivity contribution is -0.118. The van der Waals surface area contributed by atoms with Crippen LogP contribution in [0.15, 0.2) is 18.2 Å². The molecule has 0 unspecified atom stereocenters. The monoisotopic (exact) mass is 218 g/mol. The fourth-order valence-electron chi connectivity index (χ4n) is 1.19. The first-order valence-corrected chi connectivity index (χ1v) is 4.98. The molecule has 0 heterocycles. The van der Waals surface area contributed by atoms with E-state index < -0.39 is 0 Å². The highest BCUT2D eigenvalue weighted by Gasteiger charge is 2.14. The van der Waals surface area contributed by atoms with Crippen molar-refractivity contribution >= 4 is 11.6 Å². The topological polar surface area (TPSA) is 62.1 Å². The molecule has 0 fully saturated rings. The van der Waals surface area contributed by atoms with E-state index in [0.717, 1.165) is 0 Å². The van der Waals surface area contributed by atoms with Gasteiger partial charge in [0, 0.05) is 5.92 Å². The van der Waals surface area contributed by atoms with Crippen molar-refractivity contribution < 1.29 is 9.53 Å². The molecule has 84 valence electrons. The van der Waals surface area contributed by atoms with Gasteiger partial charge in [-0.25, -0.2) is 0 Å². The molecule has 0 saturated heterocycles. The zero-order valence-electron chi connectivity index (χ0n) is 9.57. The molecule has 0 atom stereocenters. The summed E-state index contributed by atoms with van der Waals surface area (Å²) in [6.45, 7) is 3.58. The van der Waals surface area contributed by atoms with E-state index in [1.54, 1.807) is 32.0 Å². The quantitative estimate of drug-likeness (QED) is 0.845. The Hall–Kier alpha value is -2.02. The Labute approximate surface area is 94.8 Å². The number of methoxy groups -OCH3 is 1. The number of carbonyl (C=O) groups excluding carboxylic acids is 1. The van der Waals surface area contributed by atoms with Crippen LogP contribution in [0.1, 0.15) is 19.4 Å². The van der Waals surface area contributed by atoms with Gasteiger partial charge < -0.3 is 10.1 Å². The van der Waals surface area contributed by atoms with Gasteiger partial charge in [-0.3, -0.25) is 4.79 Å². The van der Waals surface area contributed by atoms with Crippen LogP contribution in [0, 0.1) is 17.2 Å². The number of anilines is 1. The van der Waals surface area contributed by atoms with Crippen molar-refractivity contribution in [1.29, 1.82) is 5.26 Å². The molecule has 4 nitrogen and oxygen atoms in total. The van der Waals surface area contributed by atoms with Gasteiger partial charge in [-0.2, -0.15) is 5.26 Å². The van der Waals surface area contributed by atoms with Crippen LogP contribution in [-0.2, 0) is 4.79 Å². The Balaban J connectivity index is 3.10. The van der Waals surface area contributed by atoms with Gasteiger partial charge in [0.15, 0.2) is 0 Å². The lowest BCUT2D eigenvalue weighted by Gasteiger charge is -2.12. The number of carbonyl (C=O) groups is 1. The van der Waals surface area contributed by atoms with Gasteiger partial charge in [-0.1, -0.05) is 19.9 Å². The Morgan fingerprint density at radius 3 is 2.69 bits per heavy atom. The van der Waals surface area contributed by atoms with Gasteiger partial charge in [0.05, 0.1) is 12.7 Å². The van der Waals surface area contributed by atoms with Crippen LogP contribution in [0.2, 0.25) is 0 Å². The third kappa shape index (κ3) is 2.51. The second kappa shape index (κ2) is 5.17. The molecule has 0 aliphatic heterocycles. The van der Waals surface area contributed by atoms with Crippen molar-refractivity contribution in [3.05, 3.63) is 23.8 Å². The second-order valence-electron chi connectivity index (χ2n) is 3.64. The summed E-state index contributed by atoms with van der Waals surface area (Å²) in [6.07, 6.45) is 0. The van der Waals surface area contributed by atoms with Crippen LogP contribution in [0.3, 0.4) is 0 Å². The van der Waals surface area contributed by atoms with E-state index in [-0.39, 0.29) is 11.8 Å². The minimum atomic E-state index is -0.142. The van der Waals surface area contributed by atoms with Crippen LogP contribution in [0.25, 0.3) is 0 Å². The number of rotatable bonds is 3. The van der Waals surface area contributed by atoms with Gasteiger partial charge in [-0.05, 0) is 12.1 Å².